The summed E-state index contributed by atoms with van der Waals surface area (Å²) in [5.74, 6) is -0.810. The molecule has 28 heavy (non-hydrogen) atoms. The van der Waals surface area contributed by atoms with E-state index >= 15 is 0 Å². The molecule has 9 heteroatoms. The van der Waals surface area contributed by atoms with Crippen LogP contribution in [-0.4, -0.2) is 64.0 Å². The normalized spacial score (nSPS) is 19.8. The summed E-state index contributed by atoms with van der Waals surface area (Å²) >= 11 is 0. The van der Waals surface area contributed by atoms with E-state index in [1.54, 1.807) is 23.2 Å². The van der Waals surface area contributed by atoms with Gasteiger partial charge in [-0.15, -0.1) is 0 Å². The Morgan fingerprint density at radius 3 is 2.75 bits per heavy atom. The standard InChI is InChI=1S/C19H20FN5O3/c20-14-5-3-12(4-6-14)15-8-21-23-18(15)13-2-1-7-24(9-13)17(27)11-25-10-16(26)22-19(25)28/h3-6,8,13H,1-2,7,9-11H2,(H,21,23)(H,22,26,28)/t13-/m1/s1. The van der Waals surface area contributed by atoms with E-state index in [4.69, 9.17) is 0 Å². The van der Waals surface area contributed by atoms with Crippen molar-refractivity contribution in [3.05, 3.63) is 42.0 Å². The fraction of sp³-hybridized carbons (Fsp3) is 0.368. The number of urea groups is 1. The minimum absolute atomic E-state index is 0.0642. The molecule has 1 aromatic carbocycles. The summed E-state index contributed by atoms with van der Waals surface area (Å²) in [5, 5.41) is 9.35. The molecule has 0 bridgehead atoms. The molecule has 8 nitrogen and oxygen atoms in total. The summed E-state index contributed by atoms with van der Waals surface area (Å²) in [6, 6.07) is 5.70. The second kappa shape index (κ2) is 7.41. The van der Waals surface area contributed by atoms with Gasteiger partial charge in [0.15, 0.2) is 0 Å². The van der Waals surface area contributed by atoms with Crippen molar-refractivity contribution in [1.29, 1.82) is 0 Å². The third kappa shape index (κ3) is 3.60. The van der Waals surface area contributed by atoms with Gasteiger partial charge in [0.1, 0.15) is 18.9 Å². The van der Waals surface area contributed by atoms with Gasteiger partial charge in [0, 0.05) is 30.3 Å². The summed E-state index contributed by atoms with van der Waals surface area (Å²) in [6.45, 7) is 0.909. The molecule has 0 saturated carbocycles. The predicted molar refractivity (Wildman–Crippen MR) is 97.6 cm³/mol. The Labute approximate surface area is 160 Å². The lowest BCUT2D eigenvalue weighted by molar-refractivity contribution is -0.133. The average Bonchev–Trinajstić information content (AvgIpc) is 3.29. The Kier molecular flexibility index (Phi) is 4.81. The Bertz CT molecular complexity index is 911. The second-order valence-corrected chi connectivity index (χ2v) is 7.09. The number of aromatic nitrogens is 2. The molecule has 2 N–H and O–H groups in total. The summed E-state index contributed by atoms with van der Waals surface area (Å²) in [5.41, 5.74) is 2.67. The van der Waals surface area contributed by atoms with Crippen LogP contribution in [0.25, 0.3) is 11.1 Å². The van der Waals surface area contributed by atoms with Crippen molar-refractivity contribution in [3.8, 4) is 11.1 Å². The smallest absolute Gasteiger partial charge is 0.325 e. The lowest BCUT2D eigenvalue weighted by atomic mass is 9.90. The molecule has 2 aliphatic rings. The molecule has 2 aliphatic heterocycles. The summed E-state index contributed by atoms with van der Waals surface area (Å²) in [6.07, 6.45) is 3.43. The fourth-order valence-electron chi connectivity index (χ4n) is 3.78. The number of nitrogens with one attached hydrogen (secondary N) is 2. The van der Waals surface area contributed by atoms with Crippen LogP contribution in [0.3, 0.4) is 0 Å². The topological polar surface area (TPSA) is 98.4 Å². The average molecular weight is 385 g/mol. The molecule has 0 aliphatic carbocycles. The van der Waals surface area contributed by atoms with Crippen molar-refractivity contribution >= 4 is 17.8 Å². The first-order chi connectivity index (χ1) is 13.5. The number of piperidine rings is 1. The zero-order valence-electron chi connectivity index (χ0n) is 15.2. The summed E-state index contributed by atoms with van der Waals surface area (Å²) < 4.78 is 13.2. The van der Waals surface area contributed by atoms with E-state index in [1.165, 1.54) is 17.0 Å². The van der Waals surface area contributed by atoms with Gasteiger partial charge in [0.05, 0.1) is 6.20 Å². The quantitative estimate of drug-likeness (QED) is 0.779. The molecule has 1 aromatic heterocycles. The lowest BCUT2D eigenvalue weighted by Crippen LogP contribution is -2.45. The van der Waals surface area contributed by atoms with Crippen LogP contribution in [0.2, 0.25) is 0 Å². The Balaban J connectivity index is 1.47. The number of amides is 4. The highest BCUT2D eigenvalue weighted by Gasteiger charge is 2.32. The van der Waals surface area contributed by atoms with Crippen LogP contribution in [0, 0.1) is 5.82 Å². The van der Waals surface area contributed by atoms with Gasteiger partial charge in [-0.3, -0.25) is 20.0 Å². The first-order valence-corrected chi connectivity index (χ1v) is 9.17. The molecule has 1 atom stereocenters. The van der Waals surface area contributed by atoms with Gasteiger partial charge in [-0.1, -0.05) is 12.1 Å². The number of benzene rings is 1. The Morgan fingerprint density at radius 2 is 2.04 bits per heavy atom. The van der Waals surface area contributed by atoms with Gasteiger partial charge in [-0.2, -0.15) is 5.10 Å². The highest BCUT2D eigenvalue weighted by molar-refractivity contribution is 6.03. The number of hydrogen-bond donors (Lipinski definition) is 2. The van der Waals surface area contributed by atoms with Crippen LogP contribution in [0.5, 0.6) is 0 Å². The largest absolute Gasteiger partial charge is 0.340 e. The second-order valence-electron chi connectivity index (χ2n) is 7.09. The lowest BCUT2D eigenvalue weighted by Gasteiger charge is -2.33. The van der Waals surface area contributed by atoms with Crippen molar-refractivity contribution in [2.24, 2.45) is 0 Å². The van der Waals surface area contributed by atoms with Gasteiger partial charge in [-0.25, -0.2) is 9.18 Å². The third-order valence-corrected chi connectivity index (χ3v) is 5.20. The molecule has 2 fully saturated rings. The minimum atomic E-state index is -0.529. The van der Waals surface area contributed by atoms with Crippen LogP contribution in [0.1, 0.15) is 24.5 Å². The maximum absolute atomic E-state index is 13.2. The zero-order chi connectivity index (χ0) is 19.7. The number of imide groups is 1. The number of likely N-dealkylation sites (tertiary alicyclic amines) is 1. The number of carbonyl (C=O) groups excluding carboxylic acids is 3. The number of nitrogens with zero attached hydrogens (tertiary/aromatic N) is 3. The fourth-order valence-corrected chi connectivity index (χ4v) is 3.78. The van der Waals surface area contributed by atoms with E-state index in [0.717, 1.165) is 29.7 Å². The van der Waals surface area contributed by atoms with Crippen LogP contribution in [0.4, 0.5) is 9.18 Å². The van der Waals surface area contributed by atoms with E-state index < -0.39 is 11.9 Å². The van der Waals surface area contributed by atoms with Crippen molar-refractivity contribution in [2.75, 3.05) is 26.2 Å². The molecule has 0 spiro atoms. The number of H-pyrrole nitrogens is 1. The van der Waals surface area contributed by atoms with Gasteiger partial charge in [0.25, 0.3) is 0 Å². The Hall–Kier alpha value is -3.23. The first-order valence-electron chi connectivity index (χ1n) is 9.17. The number of hydrogen-bond acceptors (Lipinski definition) is 4. The van der Waals surface area contributed by atoms with Crippen LogP contribution in [-0.2, 0) is 9.59 Å². The number of halogens is 1. The molecule has 0 unspecified atom stereocenters. The van der Waals surface area contributed by atoms with Gasteiger partial charge >= 0.3 is 6.03 Å². The minimum Gasteiger partial charge on any atom is -0.340 e. The molecule has 2 aromatic rings. The van der Waals surface area contributed by atoms with E-state index in [9.17, 15) is 18.8 Å². The van der Waals surface area contributed by atoms with Crippen molar-refractivity contribution in [1.82, 2.24) is 25.3 Å². The summed E-state index contributed by atoms with van der Waals surface area (Å²) in [7, 11) is 0. The van der Waals surface area contributed by atoms with Gasteiger partial charge < -0.3 is 9.80 Å². The van der Waals surface area contributed by atoms with Crippen molar-refractivity contribution < 1.29 is 18.8 Å². The van der Waals surface area contributed by atoms with Gasteiger partial charge in [0.2, 0.25) is 11.8 Å². The maximum atomic E-state index is 13.2. The zero-order valence-corrected chi connectivity index (χ0v) is 15.2. The highest BCUT2D eigenvalue weighted by Crippen LogP contribution is 2.33. The monoisotopic (exact) mass is 385 g/mol. The van der Waals surface area contributed by atoms with E-state index in [0.29, 0.717) is 13.1 Å². The number of aromatic amines is 1. The van der Waals surface area contributed by atoms with E-state index in [1.807, 2.05) is 0 Å². The van der Waals surface area contributed by atoms with Crippen LogP contribution in [0.15, 0.2) is 30.5 Å². The first kappa shape index (κ1) is 18.1. The van der Waals surface area contributed by atoms with Crippen molar-refractivity contribution in [2.45, 2.75) is 18.8 Å². The molecule has 3 heterocycles. The predicted octanol–water partition coefficient (Wildman–Crippen LogP) is 1.47. The van der Waals surface area contributed by atoms with Gasteiger partial charge in [-0.05, 0) is 30.5 Å². The molecular weight excluding hydrogens is 365 g/mol. The number of rotatable bonds is 4. The van der Waals surface area contributed by atoms with Crippen molar-refractivity contribution in [3.63, 3.8) is 0 Å². The Morgan fingerprint density at radius 1 is 1.25 bits per heavy atom. The van der Waals surface area contributed by atoms with E-state index in [-0.39, 0.29) is 30.7 Å². The summed E-state index contributed by atoms with van der Waals surface area (Å²) in [4.78, 5) is 38.5. The highest BCUT2D eigenvalue weighted by atomic mass is 19.1. The van der Waals surface area contributed by atoms with E-state index in [2.05, 4.69) is 15.5 Å². The van der Waals surface area contributed by atoms with Crippen LogP contribution < -0.4 is 5.32 Å². The third-order valence-electron chi connectivity index (χ3n) is 5.20. The molecular formula is C19H20FN5O3. The van der Waals surface area contributed by atoms with Crippen LogP contribution >= 0.6 is 0 Å². The number of carbonyl (C=O) groups is 3. The molecule has 2 saturated heterocycles. The maximum Gasteiger partial charge on any atom is 0.325 e. The molecule has 146 valence electrons. The molecule has 0 radical (unpaired) electrons. The molecule has 4 rings (SSSR count). The molecule has 4 amide bonds. The SMILES string of the molecule is O=C1CN(CC(=O)N2CCC[C@@H](c3[nH]ncc3-c3ccc(F)cc3)C2)C(=O)N1.